The van der Waals surface area contributed by atoms with Crippen LogP contribution in [0.5, 0.6) is 0 Å². The molecule has 1 heterocycles. The molecule has 0 saturated heterocycles. The molecule has 3 aromatic carbocycles. The van der Waals surface area contributed by atoms with Crippen molar-refractivity contribution >= 4 is 46.7 Å². The summed E-state index contributed by atoms with van der Waals surface area (Å²) < 4.78 is 4.73. The van der Waals surface area contributed by atoms with Crippen molar-refractivity contribution in [3.05, 3.63) is 149 Å². The van der Waals surface area contributed by atoms with Crippen LogP contribution in [0.15, 0.2) is 132 Å². The van der Waals surface area contributed by atoms with E-state index in [1.54, 1.807) is 55.5 Å². The van der Waals surface area contributed by atoms with Gasteiger partial charge in [-0.3, -0.25) is 19.3 Å². The van der Waals surface area contributed by atoms with E-state index in [1.807, 2.05) is 60.7 Å². The van der Waals surface area contributed by atoms with Gasteiger partial charge in [0.2, 0.25) is 5.91 Å². The monoisotopic (exact) mass is 605 g/mol. The van der Waals surface area contributed by atoms with Gasteiger partial charge in [-0.2, -0.15) is 4.99 Å². The van der Waals surface area contributed by atoms with E-state index in [9.17, 15) is 19.2 Å². The Morgan fingerprint density at radius 1 is 0.977 bits per heavy atom. The van der Waals surface area contributed by atoms with Crippen LogP contribution in [-0.2, 0) is 19.1 Å². The number of hydrogen-bond acceptors (Lipinski definition) is 6. The molecule has 3 amide bonds. The fraction of sp³-hybridized carbons (Fsp3) is 0.114. The highest BCUT2D eigenvalue weighted by atomic mass is 32.2. The van der Waals surface area contributed by atoms with Gasteiger partial charge < -0.3 is 10.1 Å². The van der Waals surface area contributed by atoms with Crippen LogP contribution in [0, 0.1) is 0 Å². The number of esters is 1. The van der Waals surface area contributed by atoms with Crippen molar-refractivity contribution in [2.45, 2.75) is 13.0 Å². The van der Waals surface area contributed by atoms with Crippen LogP contribution in [0.3, 0.4) is 0 Å². The number of amides is 3. The van der Waals surface area contributed by atoms with Gasteiger partial charge >= 0.3 is 5.97 Å². The molecule has 0 spiro atoms. The van der Waals surface area contributed by atoms with E-state index in [1.165, 1.54) is 18.1 Å². The van der Waals surface area contributed by atoms with E-state index in [2.05, 4.69) is 16.9 Å². The first kappa shape index (κ1) is 31.7. The minimum Gasteiger partial charge on any atom is -0.465 e. The number of amidine groups is 1. The Bertz CT molecular complexity index is 1620. The van der Waals surface area contributed by atoms with Crippen molar-refractivity contribution in [3.63, 3.8) is 0 Å². The number of nitrogens with zero attached hydrogens (tertiary/aromatic N) is 2. The molecule has 0 bridgehead atoms. The fourth-order valence-electron chi connectivity index (χ4n) is 4.39. The number of rotatable bonds is 10. The third-order valence-corrected chi connectivity index (χ3v) is 7.49. The lowest BCUT2D eigenvalue weighted by Crippen LogP contribution is -2.42. The lowest BCUT2D eigenvalue weighted by atomic mass is 9.99. The number of carbonyl (C=O) groups is 4. The van der Waals surface area contributed by atoms with Gasteiger partial charge in [0.25, 0.3) is 11.8 Å². The number of ether oxygens (including phenoxy) is 1. The van der Waals surface area contributed by atoms with Gasteiger partial charge in [-0.25, -0.2) is 4.79 Å². The molecule has 3 aromatic rings. The van der Waals surface area contributed by atoms with Crippen LogP contribution in [0.4, 0.5) is 0 Å². The summed E-state index contributed by atoms with van der Waals surface area (Å²) in [7, 11) is 1.29. The molecule has 44 heavy (non-hydrogen) atoms. The smallest absolute Gasteiger partial charge is 0.337 e. The summed E-state index contributed by atoms with van der Waals surface area (Å²) in [5.74, 6) is -2.23. The van der Waals surface area contributed by atoms with E-state index in [4.69, 9.17) is 4.74 Å². The molecule has 1 N–H and O–H groups in total. The van der Waals surface area contributed by atoms with Gasteiger partial charge in [0.05, 0.1) is 24.5 Å². The molecular formula is C35H31N3O5S. The van der Waals surface area contributed by atoms with Crippen LogP contribution in [0.2, 0.25) is 0 Å². The Hall–Kier alpha value is -5.28. The number of nitrogens with one attached hydrogen (secondary N) is 1. The Morgan fingerprint density at radius 3 is 2.14 bits per heavy atom. The quantitative estimate of drug-likeness (QED) is 0.134. The van der Waals surface area contributed by atoms with Crippen molar-refractivity contribution in [1.29, 1.82) is 0 Å². The molecule has 1 aliphatic rings. The first-order valence-corrected chi connectivity index (χ1v) is 14.7. The first-order chi connectivity index (χ1) is 21.4. The maximum Gasteiger partial charge on any atom is 0.337 e. The van der Waals surface area contributed by atoms with Crippen molar-refractivity contribution in [1.82, 2.24) is 10.2 Å². The maximum absolute atomic E-state index is 13.8. The number of allylic oxidation sites excluding steroid dienone is 4. The van der Waals surface area contributed by atoms with E-state index in [0.29, 0.717) is 16.8 Å². The van der Waals surface area contributed by atoms with Crippen LogP contribution >= 0.6 is 11.8 Å². The van der Waals surface area contributed by atoms with Crippen molar-refractivity contribution in [2.24, 2.45) is 4.99 Å². The lowest BCUT2D eigenvalue weighted by molar-refractivity contribution is -0.126. The number of thioether (sulfide) groups is 1. The van der Waals surface area contributed by atoms with Gasteiger partial charge in [0.1, 0.15) is 5.57 Å². The normalized spacial score (nSPS) is 14.6. The SMILES string of the molecule is C=C/C=C\C(=C/C)N1C(=O)/C(=C/c2ccc(C(=O)OC)cc2)C(=O)N=C1SCC(=O)NC(c1ccccc1)c1ccccc1. The summed E-state index contributed by atoms with van der Waals surface area (Å²) in [5.41, 5.74) is 2.98. The second-order valence-electron chi connectivity index (χ2n) is 9.43. The zero-order valence-corrected chi connectivity index (χ0v) is 25.1. The van der Waals surface area contributed by atoms with E-state index < -0.39 is 17.8 Å². The molecule has 0 fully saturated rings. The number of carbonyl (C=O) groups excluding carboxylic acids is 4. The average Bonchev–Trinajstić information content (AvgIpc) is 3.06. The van der Waals surface area contributed by atoms with Gasteiger partial charge in [-0.05, 0) is 47.9 Å². The number of hydrogen-bond donors (Lipinski definition) is 1. The van der Waals surface area contributed by atoms with Crippen LogP contribution in [-0.4, -0.2) is 46.6 Å². The van der Waals surface area contributed by atoms with Gasteiger partial charge in [0.15, 0.2) is 5.17 Å². The Kier molecular flexibility index (Phi) is 11.0. The fourth-order valence-corrected chi connectivity index (χ4v) is 5.20. The van der Waals surface area contributed by atoms with Crippen LogP contribution in [0.25, 0.3) is 6.08 Å². The van der Waals surface area contributed by atoms with Gasteiger partial charge in [-0.15, -0.1) is 0 Å². The second kappa shape index (κ2) is 15.3. The zero-order valence-electron chi connectivity index (χ0n) is 24.3. The zero-order chi connectivity index (χ0) is 31.5. The maximum atomic E-state index is 13.8. The molecule has 222 valence electrons. The van der Waals surface area contributed by atoms with Crippen molar-refractivity contribution in [3.8, 4) is 0 Å². The molecule has 9 heteroatoms. The summed E-state index contributed by atoms with van der Waals surface area (Å²) in [6, 6.07) is 25.1. The summed E-state index contributed by atoms with van der Waals surface area (Å²) >= 11 is 0.990. The van der Waals surface area contributed by atoms with Gasteiger partial charge in [-0.1, -0.05) is 109 Å². The summed E-state index contributed by atoms with van der Waals surface area (Å²) in [6.07, 6.45) is 8.01. The molecular weight excluding hydrogens is 574 g/mol. The molecule has 0 atom stereocenters. The highest BCUT2D eigenvalue weighted by Crippen LogP contribution is 2.27. The topological polar surface area (TPSA) is 105 Å². The highest BCUT2D eigenvalue weighted by molar-refractivity contribution is 8.14. The predicted molar refractivity (Wildman–Crippen MR) is 173 cm³/mol. The Labute approximate surface area is 260 Å². The molecule has 0 unspecified atom stereocenters. The highest BCUT2D eigenvalue weighted by Gasteiger charge is 2.35. The standard InChI is InChI=1S/C35H31N3O5S/c1-4-6-17-28(5-2)38-33(41)29(22-24-18-20-27(21-19-24)34(42)43-3)32(40)37-35(38)44-23-30(39)36-31(25-13-9-7-10-14-25)26-15-11-8-12-16-26/h4-22,31H,1,23H2,2-3H3,(H,36,39)/b17-6-,28-5+,29-22+. The predicted octanol–water partition coefficient (Wildman–Crippen LogP) is 5.87. The molecule has 1 aliphatic heterocycles. The molecule has 0 saturated carbocycles. The minimum absolute atomic E-state index is 0.0751. The van der Waals surface area contributed by atoms with E-state index >= 15 is 0 Å². The third kappa shape index (κ3) is 7.76. The van der Waals surface area contributed by atoms with E-state index in [0.717, 1.165) is 22.9 Å². The molecule has 4 rings (SSSR count). The summed E-state index contributed by atoms with van der Waals surface area (Å²) in [6.45, 7) is 5.44. The third-order valence-electron chi connectivity index (χ3n) is 6.56. The number of methoxy groups -OCH3 is 1. The van der Waals surface area contributed by atoms with Gasteiger partial charge in [0, 0.05) is 5.70 Å². The van der Waals surface area contributed by atoms with Crippen LogP contribution < -0.4 is 5.32 Å². The average molecular weight is 606 g/mol. The minimum atomic E-state index is -0.735. The van der Waals surface area contributed by atoms with Crippen molar-refractivity contribution in [2.75, 3.05) is 12.9 Å². The van der Waals surface area contributed by atoms with Crippen LogP contribution in [0.1, 0.15) is 40.0 Å². The number of benzene rings is 3. The Balaban J connectivity index is 1.60. The van der Waals surface area contributed by atoms with E-state index in [-0.39, 0.29) is 28.4 Å². The summed E-state index contributed by atoms with van der Waals surface area (Å²) in [5, 5.41) is 3.15. The first-order valence-electron chi connectivity index (χ1n) is 13.7. The molecule has 0 aromatic heterocycles. The largest absolute Gasteiger partial charge is 0.465 e. The van der Waals surface area contributed by atoms with Crippen molar-refractivity contribution < 1.29 is 23.9 Å². The molecule has 0 aliphatic carbocycles. The number of aliphatic imine (C=N–C) groups is 1. The Morgan fingerprint density at radius 2 is 1.59 bits per heavy atom. The molecule has 0 radical (unpaired) electrons. The molecule has 8 nitrogen and oxygen atoms in total. The second-order valence-corrected chi connectivity index (χ2v) is 10.4. The lowest BCUT2D eigenvalue weighted by Gasteiger charge is -2.28. The summed E-state index contributed by atoms with van der Waals surface area (Å²) in [4.78, 5) is 57.5.